The molecule has 10 aromatic carbocycles. The van der Waals surface area contributed by atoms with E-state index in [0.29, 0.717) is 0 Å². The van der Waals surface area contributed by atoms with Crippen molar-refractivity contribution in [1.29, 1.82) is 0 Å². The maximum absolute atomic E-state index is 5.44. The second-order valence-corrected chi connectivity index (χ2v) is 20.9. The van der Waals surface area contributed by atoms with Crippen LogP contribution in [-0.2, 0) is 5.41 Å². The molecule has 81 heavy (non-hydrogen) atoms. The summed E-state index contributed by atoms with van der Waals surface area (Å²) in [5.41, 5.74) is 22.6. The molecular weight excluding hydrogens is 981 g/mol. The molecule has 0 spiro atoms. The molecule has 0 saturated heterocycles. The summed E-state index contributed by atoms with van der Waals surface area (Å²) in [6, 6.07) is 101. The smallest absolute Gasteiger partial charge is 0.0972 e. The van der Waals surface area contributed by atoms with Gasteiger partial charge in [0, 0.05) is 45.1 Å². The lowest BCUT2D eigenvalue weighted by Gasteiger charge is -2.35. The highest BCUT2D eigenvalue weighted by Crippen LogP contribution is 2.58. The predicted octanol–water partition coefficient (Wildman–Crippen LogP) is 18.8. The quantitative estimate of drug-likeness (QED) is 0.101. The minimum atomic E-state index is -0.861. The molecule has 0 bridgehead atoms. The first-order chi connectivity index (χ1) is 40.1. The van der Waals surface area contributed by atoms with Gasteiger partial charge in [-0.25, -0.2) is 9.97 Å². The Hall–Kier alpha value is -10.7. The molecule has 0 N–H and O–H groups in total. The van der Waals surface area contributed by atoms with E-state index in [4.69, 9.17) is 19.9 Å². The highest BCUT2D eigenvalue weighted by atomic mass is 14.8. The van der Waals surface area contributed by atoms with E-state index in [0.717, 1.165) is 122 Å². The Bertz CT molecular complexity index is 4410. The van der Waals surface area contributed by atoms with E-state index in [1.54, 1.807) is 0 Å². The lowest BCUT2D eigenvalue weighted by Crippen LogP contribution is -2.29. The van der Waals surface area contributed by atoms with E-state index in [9.17, 15) is 0 Å². The highest BCUT2D eigenvalue weighted by molar-refractivity contribution is 6.05. The SMILES string of the molecule is C(=C(c1ccccc1)c1ccccc1)c1ccc2c(c1)C(c1cccc(-c3ccc4ccc5cccnc5c4n3)c1)(c1cccc(-c3ccc4ccc5cccnc5c4n3)c1)c1cc(C=C(c3ccccc3)c3ccccc3)ccc1-2. The Morgan fingerprint density at radius 1 is 0.296 bits per heavy atom. The van der Waals surface area contributed by atoms with Crippen molar-refractivity contribution in [3.8, 4) is 33.6 Å². The van der Waals surface area contributed by atoms with Crippen molar-refractivity contribution in [2.75, 3.05) is 0 Å². The molecule has 1 aliphatic rings. The average Bonchev–Trinajstić information content (AvgIpc) is 2.22. The number of benzene rings is 10. The van der Waals surface area contributed by atoms with E-state index in [1.165, 1.54) is 22.3 Å². The molecule has 1 aliphatic carbocycles. The number of nitrogens with zero attached hydrogens (tertiary/aromatic N) is 4. The fraction of sp³-hybridized carbons (Fsp3) is 0.0130. The van der Waals surface area contributed by atoms with Gasteiger partial charge >= 0.3 is 0 Å². The molecule has 0 aliphatic heterocycles. The molecule has 0 atom stereocenters. The maximum atomic E-state index is 5.44. The lowest BCUT2D eigenvalue weighted by atomic mass is 9.66. The van der Waals surface area contributed by atoms with E-state index in [-0.39, 0.29) is 0 Å². The molecule has 0 amide bonds. The van der Waals surface area contributed by atoms with Crippen LogP contribution in [0.25, 0.3) is 101 Å². The molecular formula is C77H50N4. The molecule has 4 aromatic heterocycles. The topological polar surface area (TPSA) is 51.6 Å². The van der Waals surface area contributed by atoms with Crippen molar-refractivity contribution in [2.24, 2.45) is 0 Å². The number of rotatable bonds is 10. The molecule has 14 aromatic rings. The molecule has 0 saturated carbocycles. The first kappa shape index (κ1) is 47.5. The van der Waals surface area contributed by atoms with Crippen LogP contribution in [-0.4, -0.2) is 19.9 Å². The van der Waals surface area contributed by atoms with E-state index in [1.807, 2.05) is 24.5 Å². The Morgan fingerprint density at radius 2 is 0.667 bits per heavy atom. The summed E-state index contributed by atoms with van der Waals surface area (Å²) in [6.07, 6.45) is 8.43. The standard InChI is InChI=1S/C77H50N4/c1-5-17-53(18-6-1)67(54-19-7-2-8-20-54)45-51-31-39-65-66-40-32-52(46-68(55-21-9-3-10-22-55)56-23-11-4-12-24-56)48-70(66)77(69(65)47-51,63-29-13-25-61(49-63)71-41-37-59-35-33-57-27-15-43-78-73(57)75(59)80-71)64-30-14-26-62(50-64)72-42-38-60-36-34-58-28-16-44-79-74(58)76(60)81-72/h1-50H. The van der Waals surface area contributed by atoms with Gasteiger partial charge in [0.15, 0.2) is 0 Å². The van der Waals surface area contributed by atoms with Crippen LogP contribution in [0.1, 0.15) is 55.6 Å². The van der Waals surface area contributed by atoms with Crippen molar-refractivity contribution in [2.45, 2.75) is 5.41 Å². The van der Waals surface area contributed by atoms with Crippen LogP contribution in [0.5, 0.6) is 0 Å². The van der Waals surface area contributed by atoms with Gasteiger partial charge in [0.1, 0.15) is 0 Å². The van der Waals surface area contributed by atoms with Gasteiger partial charge in [0.25, 0.3) is 0 Å². The number of aromatic nitrogens is 4. The summed E-state index contributed by atoms with van der Waals surface area (Å²) in [5.74, 6) is 0. The minimum Gasteiger partial charge on any atom is -0.254 e. The van der Waals surface area contributed by atoms with Gasteiger partial charge in [0.05, 0.1) is 38.9 Å². The summed E-state index contributed by atoms with van der Waals surface area (Å²) >= 11 is 0. The maximum Gasteiger partial charge on any atom is 0.0972 e. The fourth-order valence-corrected chi connectivity index (χ4v) is 12.4. The fourth-order valence-electron chi connectivity index (χ4n) is 12.4. The summed E-state index contributed by atoms with van der Waals surface area (Å²) in [4.78, 5) is 20.6. The molecule has 4 nitrogen and oxygen atoms in total. The second-order valence-electron chi connectivity index (χ2n) is 20.9. The summed E-state index contributed by atoms with van der Waals surface area (Å²) in [7, 11) is 0. The van der Waals surface area contributed by atoms with E-state index >= 15 is 0 Å². The first-order valence-corrected chi connectivity index (χ1v) is 27.6. The number of hydrogen-bond donors (Lipinski definition) is 0. The van der Waals surface area contributed by atoms with Crippen LogP contribution in [0.4, 0.5) is 0 Å². The van der Waals surface area contributed by atoms with Crippen LogP contribution in [0.15, 0.2) is 291 Å². The highest BCUT2D eigenvalue weighted by Gasteiger charge is 2.47. The monoisotopic (exact) mass is 1030 g/mol. The van der Waals surface area contributed by atoms with Gasteiger partial charge in [-0.15, -0.1) is 0 Å². The second kappa shape index (κ2) is 20.0. The van der Waals surface area contributed by atoms with Gasteiger partial charge in [0.2, 0.25) is 0 Å². The van der Waals surface area contributed by atoms with Crippen molar-refractivity contribution < 1.29 is 0 Å². The van der Waals surface area contributed by atoms with E-state index in [2.05, 4.69) is 279 Å². The van der Waals surface area contributed by atoms with Crippen molar-refractivity contribution in [3.05, 3.63) is 347 Å². The van der Waals surface area contributed by atoms with Crippen LogP contribution < -0.4 is 0 Å². The normalized spacial score (nSPS) is 12.3. The van der Waals surface area contributed by atoms with Gasteiger partial charge in [-0.1, -0.05) is 231 Å². The molecule has 0 unspecified atom stereocenters. The third-order valence-electron chi connectivity index (χ3n) is 16.2. The third kappa shape index (κ3) is 8.41. The first-order valence-electron chi connectivity index (χ1n) is 27.6. The van der Waals surface area contributed by atoms with Gasteiger partial charge in [-0.2, -0.15) is 0 Å². The zero-order valence-electron chi connectivity index (χ0n) is 44.2. The van der Waals surface area contributed by atoms with Crippen molar-refractivity contribution in [3.63, 3.8) is 0 Å². The van der Waals surface area contributed by atoms with Crippen molar-refractivity contribution >= 4 is 66.9 Å². The Balaban J connectivity index is 1.02. The Morgan fingerprint density at radius 3 is 1.06 bits per heavy atom. The third-order valence-corrected chi connectivity index (χ3v) is 16.2. The summed E-state index contributed by atoms with van der Waals surface area (Å²) in [6.45, 7) is 0. The van der Waals surface area contributed by atoms with Gasteiger partial charge in [-0.3, -0.25) is 9.97 Å². The largest absolute Gasteiger partial charge is 0.254 e. The predicted molar refractivity (Wildman–Crippen MR) is 336 cm³/mol. The Labute approximate surface area is 470 Å². The number of fused-ring (bicyclic) bond motifs is 9. The minimum absolute atomic E-state index is 0.861. The molecule has 4 heterocycles. The summed E-state index contributed by atoms with van der Waals surface area (Å²) in [5, 5.41) is 4.23. The average molecular weight is 1030 g/mol. The van der Waals surface area contributed by atoms with Gasteiger partial charge < -0.3 is 0 Å². The molecule has 0 fully saturated rings. The molecule has 378 valence electrons. The number of pyridine rings is 4. The Kier molecular flexibility index (Phi) is 11.7. The molecule has 0 radical (unpaired) electrons. The van der Waals surface area contributed by atoms with Crippen LogP contribution in [0.2, 0.25) is 0 Å². The lowest BCUT2D eigenvalue weighted by molar-refractivity contribution is 0.768. The van der Waals surface area contributed by atoms with Gasteiger partial charge in [-0.05, 0) is 139 Å². The zero-order valence-corrected chi connectivity index (χ0v) is 44.2. The zero-order chi connectivity index (χ0) is 53.7. The molecule has 15 rings (SSSR count). The number of hydrogen-bond acceptors (Lipinski definition) is 4. The van der Waals surface area contributed by atoms with Crippen LogP contribution in [0, 0.1) is 0 Å². The van der Waals surface area contributed by atoms with Crippen LogP contribution in [0.3, 0.4) is 0 Å². The van der Waals surface area contributed by atoms with E-state index < -0.39 is 5.41 Å². The summed E-state index contributed by atoms with van der Waals surface area (Å²) < 4.78 is 0. The molecule has 4 heteroatoms. The van der Waals surface area contributed by atoms with Crippen LogP contribution >= 0.6 is 0 Å². The van der Waals surface area contributed by atoms with Crippen molar-refractivity contribution in [1.82, 2.24) is 19.9 Å².